The Kier molecular flexibility index (Phi) is 6.61. The van der Waals surface area contributed by atoms with Gasteiger partial charge in [0.05, 0.1) is 6.61 Å². The van der Waals surface area contributed by atoms with E-state index >= 15 is 0 Å². The van der Waals surface area contributed by atoms with Crippen molar-refractivity contribution in [3.8, 4) is 5.75 Å². The third-order valence-corrected chi connectivity index (χ3v) is 6.16. The van der Waals surface area contributed by atoms with Crippen LogP contribution in [0, 0.1) is 5.82 Å². The molecule has 1 aliphatic rings. The summed E-state index contributed by atoms with van der Waals surface area (Å²) in [6.07, 6.45) is 4.26. The molecule has 7 heteroatoms. The second kappa shape index (κ2) is 9.57. The fraction of sp³-hybridized carbons (Fsp3) is 0.280. The third kappa shape index (κ3) is 4.55. The van der Waals surface area contributed by atoms with Gasteiger partial charge in [-0.1, -0.05) is 48.0 Å². The molecule has 0 fully saturated rings. The fourth-order valence-electron chi connectivity index (χ4n) is 4.24. The van der Waals surface area contributed by atoms with E-state index < -0.39 is 11.5 Å². The Balaban J connectivity index is 1.63. The van der Waals surface area contributed by atoms with Crippen LogP contribution in [0.1, 0.15) is 54.5 Å². The van der Waals surface area contributed by atoms with Crippen molar-refractivity contribution in [2.75, 3.05) is 6.61 Å². The zero-order valence-corrected chi connectivity index (χ0v) is 18.5. The van der Waals surface area contributed by atoms with Crippen LogP contribution in [0.4, 0.5) is 4.39 Å². The smallest absolute Gasteiger partial charge is 0.325 e. The van der Waals surface area contributed by atoms with Crippen molar-refractivity contribution in [1.82, 2.24) is 9.97 Å². The fourth-order valence-corrected chi connectivity index (χ4v) is 4.46. The molecule has 2 N–H and O–H groups in total. The van der Waals surface area contributed by atoms with Crippen LogP contribution in [-0.2, 0) is 6.42 Å². The summed E-state index contributed by atoms with van der Waals surface area (Å²) < 4.78 is 20.2. The Morgan fingerprint density at radius 3 is 2.59 bits per heavy atom. The van der Waals surface area contributed by atoms with Crippen LogP contribution in [0.25, 0.3) is 5.57 Å². The summed E-state index contributed by atoms with van der Waals surface area (Å²) in [7, 11) is 0. The van der Waals surface area contributed by atoms with Crippen LogP contribution in [-0.4, -0.2) is 16.6 Å². The van der Waals surface area contributed by atoms with Crippen molar-refractivity contribution < 1.29 is 9.13 Å². The third-order valence-electron chi connectivity index (χ3n) is 5.81. The lowest BCUT2D eigenvalue weighted by Crippen LogP contribution is -2.30. The van der Waals surface area contributed by atoms with E-state index in [4.69, 9.17) is 16.3 Å². The number of hydrogen-bond acceptors (Lipinski definition) is 3. The summed E-state index contributed by atoms with van der Waals surface area (Å²) in [4.78, 5) is 29.8. The first-order valence-electron chi connectivity index (χ1n) is 10.7. The molecular formula is C25H24ClFN2O3. The average Bonchev–Trinajstić information content (AvgIpc) is 2.80. The monoisotopic (exact) mass is 454 g/mol. The molecule has 4 rings (SSSR count). The molecule has 1 heterocycles. The topological polar surface area (TPSA) is 75.0 Å². The molecule has 1 aliphatic carbocycles. The Morgan fingerprint density at radius 2 is 1.91 bits per heavy atom. The van der Waals surface area contributed by atoms with Crippen LogP contribution >= 0.6 is 11.6 Å². The zero-order valence-electron chi connectivity index (χ0n) is 17.7. The first-order chi connectivity index (χ1) is 15.5. The lowest BCUT2D eigenvalue weighted by atomic mass is 9.82. The number of benzene rings is 2. The summed E-state index contributed by atoms with van der Waals surface area (Å²) in [6, 6.07) is 13.0. The number of aromatic amines is 2. The average molecular weight is 455 g/mol. The molecule has 0 bridgehead atoms. The van der Waals surface area contributed by atoms with Gasteiger partial charge in [-0.25, -0.2) is 9.18 Å². The first-order valence-corrected chi connectivity index (χ1v) is 11.0. The number of ether oxygens (including phenoxy) is 1. The van der Waals surface area contributed by atoms with Gasteiger partial charge in [-0.3, -0.25) is 9.78 Å². The number of H-pyrrole nitrogens is 2. The largest absolute Gasteiger partial charge is 0.492 e. The highest BCUT2D eigenvalue weighted by atomic mass is 35.5. The van der Waals surface area contributed by atoms with Gasteiger partial charge in [-0.05, 0) is 49.5 Å². The minimum Gasteiger partial charge on any atom is -0.492 e. The van der Waals surface area contributed by atoms with E-state index in [0.717, 1.165) is 11.1 Å². The lowest BCUT2D eigenvalue weighted by Gasteiger charge is -2.24. The quantitative estimate of drug-likeness (QED) is 0.537. The van der Waals surface area contributed by atoms with Crippen LogP contribution < -0.4 is 16.0 Å². The predicted molar refractivity (Wildman–Crippen MR) is 124 cm³/mol. The van der Waals surface area contributed by atoms with Gasteiger partial charge in [0, 0.05) is 29.2 Å². The Labute approximate surface area is 189 Å². The summed E-state index contributed by atoms with van der Waals surface area (Å²) in [5.74, 6) is -0.193. The van der Waals surface area contributed by atoms with Crippen molar-refractivity contribution in [3.63, 3.8) is 0 Å². The molecule has 1 atom stereocenters. The van der Waals surface area contributed by atoms with Crippen molar-refractivity contribution >= 4 is 17.2 Å². The van der Waals surface area contributed by atoms with E-state index in [1.165, 1.54) is 0 Å². The predicted octanol–water partition coefficient (Wildman–Crippen LogP) is 5.20. The molecule has 0 saturated heterocycles. The Hall–Kier alpha value is -3.12. The molecule has 1 aromatic heterocycles. The first kappa shape index (κ1) is 22.1. The van der Waals surface area contributed by atoms with Gasteiger partial charge in [-0.2, -0.15) is 0 Å². The molecule has 166 valence electrons. The number of nitrogens with one attached hydrogen (secondary N) is 2. The van der Waals surface area contributed by atoms with Crippen molar-refractivity contribution in [2.24, 2.45) is 0 Å². The van der Waals surface area contributed by atoms with Crippen LogP contribution in [0.15, 0.2) is 58.1 Å². The summed E-state index contributed by atoms with van der Waals surface area (Å²) >= 11 is 6.15. The highest BCUT2D eigenvalue weighted by Crippen LogP contribution is 2.39. The zero-order chi connectivity index (χ0) is 22.7. The number of rotatable bonds is 6. The molecule has 32 heavy (non-hydrogen) atoms. The van der Waals surface area contributed by atoms with Gasteiger partial charge < -0.3 is 9.72 Å². The molecule has 0 amide bonds. The number of halogens is 2. The highest BCUT2D eigenvalue weighted by Gasteiger charge is 2.24. The lowest BCUT2D eigenvalue weighted by molar-refractivity contribution is 0.338. The van der Waals surface area contributed by atoms with Crippen molar-refractivity contribution in [1.29, 1.82) is 0 Å². The van der Waals surface area contributed by atoms with Gasteiger partial charge in [0.1, 0.15) is 10.8 Å². The van der Waals surface area contributed by atoms with E-state index in [2.05, 4.69) is 9.97 Å². The SMILES string of the molecule is CCOc1ccc(C2=CCC(c3[nH]c(=O)[nH]c(=O)c3Cc3ccccc3)CC2)c(F)c1Cl. The molecule has 3 aromatic rings. The van der Waals surface area contributed by atoms with Crippen molar-refractivity contribution in [3.05, 3.63) is 103 Å². The van der Waals surface area contributed by atoms with Crippen LogP contribution in [0.3, 0.4) is 0 Å². The van der Waals surface area contributed by atoms with Crippen molar-refractivity contribution in [2.45, 2.75) is 38.5 Å². The number of hydrogen-bond donors (Lipinski definition) is 2. The molecule has 0 spiro atoms. The van der Waals surface area contributed by atoms with E-state index in [0.29, 0.717) is 54.9 Å². The minimum absolute atomic E-state index is 0.0172. The maximum Gasteiger partial charge on any atom is 0.325 e. The maximum atomic E-state index is 14.9. The molecule has 0 radical (unpaired) electrons. The Bertz CT molecular complexity index is 1260. The summed E-state index contributed by atoms with van der Waals surface area (Å²) in [6.45, 7) is 2.22. The van der Waals surface area contributed by atoms with Gasteiger partial charge in [0.15, 0.2) is 5.82 Å². The second-order valence-corrected chi connectivity index (χ2v) is 8.21. The molecule has 5 nitrogen and oxygen atoms in total. The minimum atomic E-state index is -0.513. The van der Waals surface area contributed by atoms with Gasteiger partial charge in [-0.15, -0.1) is 0 Å². The normalized spacial score (nSPS) is 16.0. The number of aromatic nitrogens is 2. The van der Waals surface area contributed by atoms with E-state index in [-0.39, 0.29) is 16.5 Å². The molecule has 0 aliphatic heterocycles. The standard InChI is InChI=1S/C25H24ClFN2O3/c1-2-32-20-13-12-18(22(27)21(20)26)16-8-10-17(11-9-16)23-19(24(30)29-25(31)28-23)14-15-6-4-3-5-7-15/h3-8,12-13,17H,2,9-11,14H2,1H3,(H2,28,29,30,31). The van der Waals surface area contributed by atoms with Gasteiger partial charge >= 0.3 is 5.69 Å². The van der Waals surface area contributed by atoms with E-state index in [9.17, 15) is 14.0 Å². The maximum absolute atomic E-state index is 14.9. The Morgan fingerprint density at radius 1 is 1.12 bits per heavy atom. The summed E-state index contributed by atoms with van der Waals surface area (Å²) in [5.41, 5.74) is 2.65. The molecule has 0 saturated carbocycles. The van der Waals surface area contributed by atoms with E-state index in [1.807, 2.05) is 43.3 Å². The molecule has 2 aromatic carbocycles. The van der Waals surface area contributed by atoms with Crippen LogP contribution in [0.5, 0.6) is 5.75 Å². The van der Waals surface area contributed by atoms with Gasteiger partial charge in [0.2, 0.25) is 0 Å². The van der Waals surface area contributed by atoms with Crippen LogP contribution in [0.2, 0.25) is 5.02 Å². The summed E-state index contributed by atoms with van der Waals surface area (Å²) in [5, 5.41) is -0.0172. The highest BCUT2D eigenvalue weighted by molar-refractivity contribution is 6.32. The number of allylic oxidation sites excluding steroid dienone is 2. The van der Waals surface area contributed by atoms with E-state index in [1.54, 1.807) is 12.1 Å². The molecule has 1 unspecified atom stereocenters. The second-order valence-electron chi connectivity index (χ2n) is 7.84. The van der Waals surface area contributed by atoms with Gasteiger partial charge in [0.25, 0.3) is 5.56 Å². The molecular weight excluding hydrogens is 431 g/mol.